The molecule has 404 valence electrons. The molecule has 9 nitrogen and oxygen atoms in total. The van der Waals surface area contributed by atoms with E-state index in [9.17, 15) is 19.0 Å². The van der Waals surface area contributed by atoms with Crippen LogP contribution in [0.5, 0.6) is 0 Å². The van der Waals surface area contributed by atoms with Crippen molar-refractivity contribution in [1.29, 1.82) is 0 Å². The first-order valence-corrected chi connectivity index (χ1v) is 29.8. The van der Waals surface area contributed by atoms with E-state index in [2.05, 4.69) is 98.9 Å². The summed E-state index contributed by atoms with van der Waals surface area (Å²) in [4.78, 5) is 35.6. The van der Waals surface area contributed by atoms with Gasteiger partial charge in [-0.2, -0.15) is 0 Å². The predicted octanol–water partition coefficient (Wildman–Crippen LogP) is 17.5. The van der Waals surface area contributed by atoms with Crippen molar-refractivity contribution in [2.45, 2.75) is 238 Å². The Labute approximate surface area is 431 Å². The van der Waals surface area contributed by atoms with Gasteiger partial charge in [0.25, 0.3) is 0 Å². The van der Waals surface area contributed by atoms with Gasteiger partial charge in [-0.15, -0.1) is 0 Å². The lowest BCUT2D eigenvalue weighted by molar-refractivity contribution is -0.870. The molecular weight excluding hydrogens is 894 g/mol. The van der Waals surface area contributed by atoms with E-state index in [1.807, 2.05) is 21.1 Å². The van der Waals surface area contributed by atoms with Gasteiger partial charge in [0.2, 0.25) is 0 Å². The summed E-state index contributed by atoms with van der Waals surface area (Å²) in [7, 11) is 1.45. The van der Waals surface area contributed by atoms with Gasteiger partial charge in [-0.25, -0.2) is 4.57 Å². The topological polar surface area (TPSA) is 108 Å². The molecule has 0 aromatic carbocycles. The van der Waals surface area contributed by atoms with Gasteiger partial charge in [-0.3, -0.25) is 18.6 Å². The van der Waals surface area contributed by atoms with Crippen LogP contribution in [0.3, 0.4) is 0 Å². The van der Waals surface area contributed by atoms with Crippen molar-refractivity contribution in [1.82, 2.24) is 0 Å². The first kappa shape index (κ1) is 67.2. The van der Waals surface area contributed by atoms with Crippen LogP contribution < -0.4 is 0 Å². The van der Waals surface area contributed by atoms with E-state index < -0.39 is 26.5 Å². The molecule has 1 N–H and O–H groups in total. The summed E-state index contributed by atoms with van der Waals surface area (Å²) in [6.45, 7) is 4.27. The van der Waals surface area contributed by atoms with Gasteiger partial charge in [0.15, 0.2) is 6.10 Å². The lowest BCUT2D eigenvalue weighted by Gasteiger charge is -2.24. The molecule has 0 aromatic heterocycles. The Morgan fingerprint density at radius 2 is 0.814 bits per heavy atom. The Morgan fingerprint density at radius 3 is 1.23 bits per heavy atom. The third kappa shape index (κ3) is 54.5. The number of carbonyl (C=O) groups excluding carboxylic acids is 2. The zero-order valence-electron chi connectivity index (χ0n) is 45.7. The SMILES string of the molecule is CC/C=C\C/C=C\C/C=C\C/C=C\C/C=C\CCCCCC(=O)OC(COC(=O)CCCCCCCCCCCCCCCCC/C=C\C/C=C\CCCCCCC)COP(=O)(O)OCC[N+](C)(C)C. The lowest BCUT2D eigenvalue weighted by atomic mass is 10.0. The molecule has 0 bridgehead atoms. The molecule has 0 aliphatic rings. The van der Waals surface area contributed by atoms with E-state index in [1.165, 1.54) is 122 Å². The minimum Gasteiger partial charge on any atom is -0.462 e. The number of esters is 2. The van der Waals surface area contributed by atoms with E-state index in [-0.39, 0.29) is 32.0 Å². The third-order valence-electron chi connectivity index (χ3n) is 11.9. The van der Waals surface area contributed by atoms with Crippen molar-refractivity contribution in [3.8, 4) is 0 Å². The van der Waals surface area contributed by atoms with E-state index in [0.717, 1.165) is 77.0 Å². The molecule has 2 atom stereocenters. The van der Waals surface area contributed by atoms with Gasteiger partial charge in [-0.05, 0) is 89.9 Å². The van der Waals surface area contributed by atoms with Crippen LogP contribution in [0.1, 0.15) is 232 Å². The fourth-order valence-electron chi connectivity index (χ4n) is 7.54. The first-order chi connectivity index (χ1) is 34.0. The van der Waals surface area contributed by atoms with Crippen molar-refractivity contribution < 1.29 is 42.1 Å². The van der Waals surface area contributed by atoms with Crippen LogP contribution in [-0.2, 0) is 32.7 Å². The zero-order chi connectivity index (χ0) is 51.3. The Morgan fingerprint density at radius 1 is 0.457 bits per heavy atom. The second kappa shape index (κ2) is 51.1. The number of hydrogen-bond acceptors (Lipinski definition) is 7. The number of rotatable bonds is 51. The van der Waals surface area contributed by atoms with Gasteiger partial charge in [0, 0.05) is 12.8 Å². The molecule has 0 saturated heterocycles. The summed E-state index contributed by atoms with van der Waals surface area (Å²) in [5, 5.41) is 0. The summed E-state index contributed by atoms with van der Waals surface area (Å²) < 4.78 is 34.5. The Kier molecular flexibility index (Phi) is 49.1. The summed E-state index contributed by atoms with van der Waals surface area (Å²) in [5.74, 6) is -0.835. The molecule has 0 spiro atoms. The number of phosphoric acid groups is 1. The van der Waals surface area contributed by atoms with Crippen molar-refractivity contribution >= 4 is 19.8 Å². The monoisotopic (exact) mass is 1000 g/mol. The predicted molar refractivity (Wildman–Crippen MR) is 298 cm³/mol. The largest absolute Gasteiger partial charge is 0.472 e. The number of hydrogen-bond donors (Lipinski definition) is 1. The number of allylic oxidation sites excluding steroid dienone is 14. The quantitative estimate of drug-likeness (QED) is 0.0211. The molecule has 0 aliphatic heterocycles. The Bertz CT molecular complexity index is 1460. The Hall–Kier alpha value is -2.81. The molecule has 2 unspecified atom stereocenters. The number of carbonyl (C=O) groups is 2. The standard InChI is InChI=1S/C60H106NO8P/c1-6-8-10-12-14-16-18-20-22-24-26-27-28-29-30-31-32-33-35-36-38-40-42-44-46-48-50-52-59(62)66-56-58(57-68-70(64,65)67-55-54-61(3,4)5)69-60(63)53-51-49-47-45-43-41-39-37-34-25-23-21-19-17-15-13-11-9-7-2/h9,11,15,17-18,20-21,23-24,26,34,37,41,43,58H,6-8,10,12-14,16,19,22,25,27-33,35-36,38-40,42,44-57H2,1-5H3/p+1/b11-9-,17-15-,20-18-,23-21-,26-24-,37-34-,43-41-. The molecule has 0 heterocycles. The van der Waals surface area contributed by atoms with Crippen molar-refractivity contribution in [2.75, 3.05) is 47.5 Å². The normalized spacial score (nSPS) is 14.0. The minimum absolute atomic E-state index is 0.0214. The van der Waals surface area contributed by atoms with Gasteiger partial charge in [-0.1, -0.05) is 214 Å². The average molecular weight is 1000 g/mol. The number of nitrogens with zero attached hydrogens (tertiary/aromatic N) is 1. The first-order valence-electron chi connectivity index (χ1n) is 28.3. The van der Waals surface area contributed by atoms with E-state index in [0.29, 0.717) is 17.4 Å². The second-order valence-electron chi connectivity index (χ2n) is 19.9. The summed E-state index contributed by atoms with van der Waals surface area (Å²) in [6.07, 6.45) is 68.0. The van der Waals surface area contributed by atoms with Crippen molar-refractivity contribution in [3.05, 3.63) is 85.1 Å². The van der Waals surface area contributed by atoms with Gasteiger partial charge < -0.3 is 18.9 Å². The molecule has 0 aliphatic carbocycles. The number of ether oxygens (including phenoxy) is 2. The van der Waals surface area contributed by atoms with E-state index >= 15 is 0 Å². The maximum absolute atomic E-state index is 12.8. The highest BCUT2D eigenvalue weighted by atomic mass is 31.2. The molecule has 70 heavy (non-hydrogen) atoms. The van der Waals surface area contributed by atoms with Gasteiger partial charge in [0.1, 0.15) is 19.8 Å². The van der Waals surface area contributed by atoms with E-state index in [4.69, 9.17) is 18.5 Å². The average Bonchev–Trinajstić information content (AvgIpc) is 3.32. The summed E-state index contributed by atoms with van der Waals surface area (Å²) in [6, 6.07) is 0. The number of likely N-dealkylation sites (N-methyl/N-ethyl adjacent to an activating group) is 1. The lowest BCUT2D eigenvalue weighted by Crippen LogP contribution is -2.37. The molecule has 10 heteroatoms. The molecule has 0 amide bonds. The highest BCUT2D eigenvalue weighted by Gasteiger charge is 2.27. The van der Waals surface area contributed by atoms with Crippen LogP contribution in [-0.4, -0.2) is 74.9 Å². The molecule has 0 saturated carbocycles. The second-order valence-corrected chi connectivity index (χ2v) is 21.4. The summed E-state index contributed by atoms with van der Waals surface area (Å²) >= 11 is 0. The molecule has 0 rings (SSSR count). The molecular formula is C60H107NO8P+. The number of phosphoric ester groups is 1. The highest BCUT2D eigenvalue weighted by molar-refractivity contribution is 7.47. The zero-order valence-corrected chi connectivity index (χ0v) is 46.6. The molecule has 0 radical (unpaired) electrons. The van der Waals surface area contributed by atoms with Crippen molar-refractivity contribution in [3.63, 3.8) is 0 Å². The van der Waals surface area contributed by atoms with Crippen LogP contribution in [0.25, 0.3) is 0 Å². The fraction of sp³-hybridized carbons (Fsp3) is 0.733. The maximum atomic E-state index is 12.8. The third-order valence-corrected chi connectivity index (χ3v) is 12.9. The van der Waals surface area contributed by atoms with Gasteiger partial charge >= 0.3 is 19.8 Å². The van der Waals surface area contributed by atoms with Gasteiger partial charge in [0.05, 0.1) is 27.7 Å². The van der Waals surface area contributed by atoms with Crippen LogP contribution in [0.15, 0.2) is 85.1 Å². The molecule has 0 aromatic rings. The van der Waals surface area contributed by atoms with Crippen LogP contribution in [0.4, 0.5) is 0 Å². The van der Waals surface area contributed by atoms with Crippen molar-refractivity contribution in [2.24, 2.45) is 0 Å². The van der Waals surface area contributed by atoms with E-state index in [1.54, 1.807) is 0 Å². The fourth-order valence-corrected chi connectivity index (χ4v) is 8.28. The van der Waals surface area contributed by atoms with Crippen LogP contribution in [0.2, 0.25) is 0 Å². The highest BCUT2D eigenvalue weighted by Crippen LogP contribution is 2.43. The number of unbranched alkanes of at least 4 members (excludes halogenated alkanes) is 23. The van der Waals surface area contributed by atoms with Crippen LogP contribution in [0, 0.1) is 0 Å². The van der Waals surface area contributed by atoms with Crippen LogP contribution >= 0.6 is 7.82 Å². The summed E-state index contributed by atoms with van der Waals surface area (Å²) in [5.41, 5.74) is 0. The smallest absolute Gasteiger partial charge is 0.462 e. The minimum atomic E-state index is -4.40. The number of quaternary nitrogens is 1. The Balaban J connectivity index is 4.20. The maximum Gasteiger partial charge on any atom is 0.472 e. The molecule has 0 fully saturated rings.